The molecule has 0 aliphatic carbocycles. The molecule has 1 unspecified atom stereocenters. The zero-order chi connectivity index (χ0) is 19.4. The van der Waals surface area contributed by atoms with Crippen LogP contribution in [0.4, 0.5) is 5.69 Å². The molecule has 0 radical (unpaired) electrons. The van der Waals surface area contributed by atoms with Gasteiger partial charge < -0.3 is 16.0 Å². The van der Waals surface area contributed by atoms with E-state index in [-0.39, 0.29) is 35.8 Å². The summed E-state index contributed by atoms with van der Waals surface area (Å²) in [5.74, 6) is 0.938. The number of halogens is 1. The smallest absolute Gasteiger partial charge is 0.225 e. The van der Waals surface area contributed by atoms with Crippen molar-refractivity contribution in [2.75, 3.05) is 18.4 Å². The van der Waals surface area contributed by atoms with Crippen molar-refractivity contribution in [3.63, 3.8) is 0 Å². The van der Waals surface area contributed by atoms with Crippen LogP contribution in [0.3, 0.4) is 0 Å². The Kier molecular flexibility index (Phi) is 7.85. The quantitative estimate of drug-likeness (QED) is 0.338. The number of aliphatic imine (C=N–C) groups is 1. The third-order valence-electron chi connectivity index (χ3n) is 5.02. The fraction of sp³-hybridized carbons (Fsp3) is 0.450. The van der Waals surface area contributed by atoms with Gasteiger partial charge in [0.1, 0.15) is 0 Å². The van der Waals surface area contributed by atoms with Crippen LogP contribution in [0, 0.1) is 13.8 Å². The first kappa shape index (κ1) is 22.2. The highest BCUT2D eigenvalue weighted by Crippen LogP contribution is 2.31. The predicted molar refractivity (Wildman–Crippen MR) is 123 cm³/mol. The average molecular weight is 496 g/mol. The van der Waals surface area contributed by atoms with Gasteiger partial charge in [0.25, 0.3) is 0 Å². The lowest BCUT2D eigenvalue weighted by Crippen LogP contribution is -2.40. The number of nitrogens with zero attached hydrogens (tertiary/aromatic N) is 3. The number of carbonyl (C=O) groups is 1. The Morgan fingerprint density at radius 2 is 2.07 bits per heavy atom. The number of aryl methyl sites for hydroxylation is 2. The van der Waals surface area contributed by atoms with Crippen molar-refractivity contribution >= 4 is 41.5 Å². The molecule has 152 valence electrons. The van der Waals surface area contributed by atoms with E-state index in [1.807, 2.05) is 43.8 Å². The predicted octanol–water partition coefficient (Wildman–Crippen LogP) is 2.84. The lowest BCUT2D eigenvalue weighted by Gasteiger charge is -2.26. The standard InChI is InChI=1S/C20H28N6O.HI/c1-5-21-20(23-12-17-13(2)25-26(4)14(17)3)22-11-15-10-19(27)24-18-9-7-6-8-16(15)18;/h6-9,15H,5,10-12H2,1-4H3,(H,24,27)(H2,21,22,23);1H. The molecule has 0 fully saturated rings. The number of guanidine groups is 1. The molecule has 1 aromatic heterocycles. The molecule has 0 saturated carbocycles. The number of anilines is 1. The summed E-state index contributed by atoms with van der Waals surface area (Å²) < 4.78 is 1.89. The number of nitrogens with one attached hydrogen (secondary N) is 3. The van der Waals surface area contributed by atoms with Crippen molar-refractivity contribution in [2.45, 2.75) is 39.7 Å². The van der Waals surface area contributed by atoms with E-state index in [0.717, 1.165) is 35.1 Å². The summed E-state index contributed by atoms with van der Waals surface area (Å²) in [5.41, 5.74) is 5.36. The average Bonchev–Trinajstić information content (AvgIpc) is 2.89. The van der Waals surface area contributed by atoms with E-state index in [9.17, 15) is 4.79 Å². The summed E-state index contributed by atoms with van der Waals surface area (Å²) in [7, 11) is 1.95. The van der Waals surface area contributed by atoms with Crippen molar-refractivity contribution in [3.05, 3.63) is 46.8 Å². The number of fused-ring (bicyclic) bond motifs is 1. The van der Waals surface area contributed by atoms with Gasteiger partial charge in [0.15, 0.2) is 5.96 Å². The van der Waals surface area contributed by atoms with Crippen molar-refractivity contribution < 1.29 is 4.79 Å². The number of hydrogen-bond donors (Lipinski definition) is 3. The van der Waals surface area contributed by atoms with E-state index in [1.54, 1.807) is 0 Å². The Bertz CT molecular complexity index is 860. The maximum absolute atomic E-state index is 12.0. The summed E-state index contributed by atoms with van der Waals surface area (Å²) in [6.45, 7) is 8.11. The highest BCUT2D eigenvalue weighted by atomic mass is 127. The maximum Gasteiger partial charge on any atom is 0.225 e. The maximum atomic E-state index is 12.0. The van der Waals surface area contributed by atoms with Crippen molar-refractivity contribution in [2.24, 2.45) is 12.0 Å². The molecule has 7 nitrogen and oxygen atoms in total. The molecule has 0 spiro atoms. The summed E-state index contributed by atoms with van der Waals surface area (Å²) in [6.07, 6.45) is 0.476. The van der Waals surface area contributed by atoms with Crippen LogP contribution < -0.4 is 16.0 Å². The summed E-state index contributed by atoms with van der Waals surface area (Å²) in [4.78, 5) is 16.7. The number of carbonyl (C=O) groups excluding carboxylic acids is 1. The zero-order valence-electron chi connectivity index (χ0n) is 16.9. The van der Waals surface area contributed by atoms with Crippen LogP contribution in [0.5, 0.6) is 0 Å². The van der Waals surface area contributed by atoms with E-state index in [4.69, 9.17) is 4.99 Å². The van der Waals surface area contributed by atoms with E-state index in [1.165, 1.54) is 5.56 Å². The molecule has 3 rings (SSSR count). The molecular weight excluding hydrogens is 467 g/mol. The monoisotopic (exact) mass is 496 g/mol. The normalized spacial score (nSPS) is 16.1. The van der Waals surface area contributed by atoms with Gasteiger partial charge in [0.05, 0.1) is 12.2 Å². The lowest BCUT2D eigenvalue weighted by molar-refractivity contribution is -0.116. The number of aromatic nitrogens is 2. The second-order valence-corrected chi connectivity index (χ2v) is 6.89. The number of hydrogen-bond acceptors (Lipinski definition) is 3. The SMILES string of the molecule is CCNC(=NCc1c(C)nn(C)c1C)NCC1CC(=O)Nc2ccccc21.I. The zero-order valence-corrected chi connectivity index (χ0v) is 19.2. The van der Waals surface area contributed by atoms with Gasteiger partial charge in [-0.25, -0.2) is 4.99 Å². The number of benzene rings is 1. The minimum absolute atomic E-state index is 0. The topological polar surface area (TPSA) is 83.3 Å². The summed E-state index contributed by atoms with van der Waals surface area (Å²) in [6, 6.07) is 7.98. The van der Waals surface area contributed by atoms with E-state index >= 15 is 0 Å². The van der Waals surface area contributed by atoms with Crippen molar-refractivity contribution in [1.82, 2.24) is 20.4 Å². The van der Waals surface area contributed by atoms with Gasteiger partial charge >= 0.3 is 0 Å². The highest BCUT2D eigenvalue weighted by Gasteiger charge is 2.24. The van der Waals surface area contributed by atoms with Gasteiger partial charge in [0, 0.05) is 49.4 Å². The van der Waals surface area contributed by atoms with Crippen molar-refractivity contribution in [1.29, 1.82) is 0 Å². The van der Waals surface area contributed by atoms with Gasteiger partial charge in [-0.05, 0) is 32.4 Å². The van der Waals surface area contributed by atoms with Crippen LogP contribution in [-0.2, 0) is 18.4 Å². The van der Waals surface area contributed by atoms with Crippen LogP contribution in [0.15, 0.2) is 29.3 Å². The fourth-order valence-electron chi connectivity index (χ4n) is 3.45. The molecule has 1 aliphatic rings. The van der Waals surface area contributed by atoms with Gasteiger partial charge in [0.2, 0.25) is 5.91 Å². The first-order chi connectivity index (χ1) is 13.0. The molecule has 8 heteroatoms. The van der Waals surface area contributed by atoms with Crippen LogP contribution in [0.25, 0.3) is 0 Å². The third-order valence-corrected chi connectivity index (χ3v) is 5.02. The van der Waals surface area contributed by atoms with Gasteiger partial charge in [-0.2, -0.15) is 5.10 Å². The summed E-state index contributed by atoms with van der Waals surface area (Å²) >= 11 is 0. The van der Waals surface area contributed by atoms with E-state index < -0.39 is 0 Å². The third kappa shape index (κ3) is 5.03. The molecule has 3 N–H and O–H groups in total. The van der Waals surface area contributed by atoms with Crippen LogP contribution in [-0.4, -0.2) is 34.7 Å². The molecule has 1 amide bonds. The van der Waals surface area contributed by atoms with Crippen LogP contribution in [0.1, 0.15) is 41.8 Å². The molecule has 0 bridgehead atoms. The first-order valence-corrected chi connectivity index (χ1v) is 9.39. The largest absolute Gasteiger partial charge is 0.357 e. The molecular formula is C20H29IN6O. The number of para-hydroxylation sites is 1. The Morgan fingerprint density at radius 1 is 1.32 bits per heavy atom. The second-order valence-electron chi connectivity index (χ2n) is 6.89. The van der Waals surface area contributed by atoms with Gasteiger partial charge in [-0.1, -0.05) is 18.2 Å². The molecule has 1 aliphatic heterocycles. The van der Waals surface area contributed by atoms with E-state index in [0.29, 0.717) is 19.5 Å². The number of rotatable bonds is 5. The summed E-state index contributed by atoms with van der Waals surface area (Å²) in [5, 5.41) is 14.1. The van der Waals surface area contributed by atoms with Crippen molar-refractivity contribution in [3.8, 4) is 0 Å². The Morgan fingerprint density at radius 3 is 2.75 bits per heavy atom. The molecule has 1 atom stereocenters. The minimum Gasteiger partial charge on any atom is -0.357 e. The fourth-order valence-corrected chi connectivity index (χ4v) is 3.45. The molecule has 2 aromatic rings. The Balaban J connectivity index is 0.00000280. The minimum atomic E-state index is 0. The van der Waals surface area contributed by atoms with Gasteiger partial charge in [-0.3, -0.25) is 9.48 Å². The molecule has 28 heavy (non-hydrogen) atoms. The van der Waals surface area contributed by atoms with E-state index in [2.05, 4.69) is 34.0 Å². The second kappa shape index (κ2) is 9.90. The molecule has 2 heterocycles. The highest BCUT2D eigenvalue weighted by molar-refractivity contribution is 14.0. The lowest BCUT2D eigenvalue weighted by atomic mass is 9.90. The molecule has 0 saturated heterocycles. The Hall–Kier alpha value is -2.10. The van der Waals surface area contributed by atoms with Crippen LogP contribution >= 0.6 is 24.0 Å². The first-order valence-electron chi connectivity index (χ1n) is 9.39. The number of amides is 1. The van der Waals surface area contributed by atoms with Gasteiger partial charge in [-0.15, -0.1) is 24.0 Å². The van der Waals surface area contributed by atoms with Crippen LogP contribution in [0.2, 0.25) is 0 Å². The molecule has 1 aromatic carbocycles. The Labute approximate surface area is 183 Å².